The van der Waals surface area contributed by atoms with Crippen molar-refractivity contribution in [1.82, 2.24) is 14.7 Å². The Morgan fingerprint density at radius 3 is 3.20 bits per heavy atom. The molecule has 1 saturated carbocycles. The van der Waals surface area contributed by atoms with Gasteiger partial charge in [0.15, 0.2) is 0 Å². The summed E-state index contributed by atoms with van der Waals surface area (Å²) >= 11 is 5.90. The first-order valence-corrected chi connectivity index (χ1v) is 5.55. The van der Waals surface area contributed by atoms with Crippen LogP contribution in [-0.2, 0) is 6.54 Å². The Balaban J connectivity index is 1.89. The highest BCUT2D eigenvalue weighted by molar-refractivity contribution is 6.30. The second-order valence-corrected chi connectivity index (χ2v) is 4.41. The lowest BCUT2D eigenvalue weighted by Gasteiger charge is -2.02. The fraction of sp³-hybridized carbons (Fsp3) is 0.364. The van der Waals surface area contributed by atoms with Crippen molar-refractivity contribution < 1.29 is 0 Å². The molecule has 0 aliphatic heterocycles. The van der Waals surface area contributed by atoms with Gasteiger partial charge in [-0.25, -0.2) is 4.98 Å². The number of hydrogen-bond acceptors (Lipinski definition) is 2. The largest absolute Gasteiger partial charge is 0.308 e. The Hall–Kier alpha value is -1.06. The van der Waals surface area contributed by atoms with Gasteiger partial charge in [-0.3, -0.25) is 0 Å². The van der Waals surface area contributed by atoms with E-state index in [2.05, 4.69) is 14.7 Å². The van der Waals surface area contributed by atoms with Gasteiger partial charge in [-0.05, 0) is 25.0 Å². The van der Waals surface area contributed by atoms with Gasteiger partial charge in [-0.2, -0.15) is 0 Å². The molecule has 1 N–H and O–H groups in total. The van der Waals surface area contributed by atoms with Crippen molar-refractivity contribution in [2.75, 3.05) is 0 Å². The Kier molecular flexibility index (Phi) is 2.15. The van der Waals surface area contributed by atoms with Crippen LogP contribution in [0.5, 0.6) is 0 Å². The van der Waals surface area contributed by atoms with Crippen molar-refractivity contribution >= 4 is 17.2 Å². The summed E-state index contributed by atoms with van der Waals surface area (Å²) in [6, 6.07) is 4.49. The van der Waals surface area contributed by atoms with Gasteiger partial charge < -0.3 is 9.72 Å². The molecule has 0 unspecified atom stereocenters. The number of nitrogens with one attached hydrogen (secondary N) is 1. The minimum Gasteiger partial charge on any atom is -0.308 e. The summed E-state index contributed by atoms with van der Waals surface area (Å²) in [6.07, 6.45) is 6.49. The highest BCUT2D eigenvalue weighted by Crippen LogP contribution is 2.19. The van der Waals surface area contributed by atoms with Crippen molar-refractivity contribution in [1.29, 1.82) is 0 Å². The predicted octanol–water partition coefficient (Wildman–Crippen LogP) is 2.24. The lowest BCUT2D eigenvalue weighted by atomic mass is 10.4. The third-order valence-corrected chi connectivity index (χ3v) is 2.94. The molecule has 0 aromatic carbocycles. The van der Waals surface area contributed by atoms with Crippen molar-refractivity contribution in [3.63, 3.8) is 0 Å². The highest BCUT2D eigenvalue weighted by atomic mass is 35.5. The normalized spacial score (nSPS) is 16.1. The lowest BCUT2D eigenvalue weighted by molar-refractivity contribution is 0.670. The van der Waals surface area contributed by atoms with Crippen molar-refractivity contribution in [2.24, 2.45) is 0 Å². The number of nitrogens with zero attached hydrogens (tertiary/aromatic N) is 2. The maximum Gasteiger partial charge on any atom is 0.138 e. The van der Waals surface area contributed by atoms with E-state index in [-0.39, 0.29) is 0 Å². The van der Waals surface area contributed by atoms with Crippen LogP contribution in [0.15, 0.2) is 24.5 Å². The molecular weight excluding hydrogens is 210 g/mol. The number of hydrogen-bond donors (Lipinski definition) is 1. The number of fused-ring (bicyclic) bond motifs is 1. The van der Waals surface area contributed by atoms with Crippen LogP contribution in [0, 0.1) is 0 Å². The molecule has 1 aliphatic rings. The van der Waals surface area contributed by atoms with Gasteiger partial charge in [-0.15, -0.1) is 0 Å². The molecule has 78 valence electrons. The summed E-state index contributed by atoms with van der Waals surface area (Å²) in [7, 11) is 0. The Bertz CT molecular complexity index is 488. The number of halogens is 1. The zero-order chi connectivity index (χ0) is 10.3. The van der Waals surface area contributed by atoms with Gasteiger partial charge in [-0.1, -0.05) is 11.6 Å². The Labute approximate surface area is 93.1 Å². The highest BCUT2D eigenvalue weighted by Gasteiger charge is 2.20. The summed E-state index contributed by atoms with van der Waals surface area (Å²) in [6.45, 7) is 0.882. The van der Waals surface area contributed by atoms with E-state index in [9.17, 15) is 0 Å². The topological polar surface area (TPSA) is 29.3 Å². The molecule has 2 heterocycles. The summed E-state index contributed by atoms with van der Waals surface area (Å²) in [5, 5.41) is 4.20. The van der Waals surface area contributed by atoms with Gasteiger partial charge in [0.25, 0.3) is 0 Å². The molecule has 3 nitrogen and oxygen atoms in total. The zero-order valence-corrected chi connectivity index (χ0v) is 9.04. The van der Waals surface area contributed by atoms with Crippen molar-refractivity contribution in [2.45, 2.75) is 25.4 Å². The van der Waals surface area contributed by atoms with Crippen LogP contribution < -0.4 is 5.32 Å². The monoisotopic (exact) mass is 221 g/mol. The fourth-order valence-electron chi connectivity index (χ4n) is 1.68. The number of imidazole rings is 1. The van der Waals surface area contributed by atoms with Gasteiger partial charge >= 0.3 is 0 Å². The van der Waals surface area contributed by atoms with Crippen LogP contribution in [0.25, 0.3) is 5.65 Å². The predicted molar refractivity (Wildman–Crippen MR) is 60.1 cm³/mol. The molecule has 2 aromatic heterocycles. The maximum absolute atomic E-state index is 5.90. The summed E-state index contributed by atoms with van der Waals surface area (Å²) in [5.74, 6) is 0. The first-order valence-electron chi connectivity index (χ1n) is 5.18. The van der Waals surface area contributed by atoms with Crippen LogP contribution in [0.4, 0.5) is 0 Å². The first kappa shape index (κ1) is 9.19. The van der Waals surface area contributed by atoms with Crippen LogP contribution in [-0.4, -0.2) is 15.4 Å². The van der Waals surface area contributed by atoms with E-state index in [1.807, 2.05) is 24.5 Å². The van der Waals surface area contributed by atoms with E-state index >= 15 is 0 Å². The first-order chi connectivity index (χ1) is 7.33. The van der Waals surface area contributed by atoms with Crippen molar-refractivity contribution in [3.05, 3.63) is 35.2 Å². The Morgan fingerprint density at radius 2 is 2.40 bits per heavy atom. The summed E-state index contributed by atoms with van der Waals surface area (Å²) in [5.41, 5.74) is 2.10. The van der Waals surface area contributed by atoms with Gasteiger partial charge in [0.05, 0.1) is 11.9 Å². The summed E-state index contributed by atoms with van der Waals surface area (Å²) < 4.78 is 2.07. The number of pyridine rings is 1. The van der Waals surface area contributed by atoms with E-state index in [1.54, 1.807) is 0 Å². The maximum atomic E-state index is 5.90. The molecule has 0 bridgehead atoms. The molecule has 0 radical (unpaired) electrons. The van der Waals surface area contributed by atoms with Crippen LogP contribution in [0.3, 0.4) is 0 Å². The SMILES string of the molecule is Clc1ccn2c(CNC3CC3)cnc2c1. The molecule has 1 fully saturated rings. The quantitative estimate of drug-likeness (QED) is 0.862. The second-order valence-electron chi connectivity index (χ2n) is 3.98. The van der Waals surface area contributed by atoms with Gasteiger partial charge in [0.2, 0.25) is 0 Å². The van der Waals surface area contributed by atoms with E-state index in [0.717, 1.165) is 23.3 Å². The fourth-order valence-corrected chi connectivity index (χ4v) is 1.83. The lowest BCUT2D eigenvalue weighted by Crippen LogP contribution is -2.16. The molecule has 2 aromatic rings. The average Bonchev–Trinajstić information content (AvgIpc) is 2.97. The smallest absolute Gasteiger partial charge is 0.138 e. The molecule has 1 aliphatic carbocycles. The van der Waals surface area contributed by atoms with Gasteiger partial charge in [0, 0.05) is 23.8 Å². The minimum absolute atomic E-state index is 0.725. The van der Waals surface area contributed by atoms with E-state index < -0.39 is 0 Å². The summed E-state index contributed by atoms with van der Waals surface area (Å²) in [4.78, 5) is 4.32. The second kappa shape index (κ2) is 3.51. The molecule has 3 rings (SSSR count). The number of aromatic nitrogens is 2. The third-order valence-electron chi connectivity index (χ3n) is 2.70. The van der Waals surface area contributed by atoms with E-state index in [0.29, 0.717) is 0 Å². The Morgan fingerprint density at radius 1 is 1.53 bits per heavy atom. The van der Waals surface area contributed by atoms with Crippen LogP contribution in [0.2, 0.25) is 5.02 Å². The van der Waals surface area contributed by atoms with E-state index in [1.165, 1.54) is 18.5 Å². The molecule has 15 heavy (non-hydrogen) atoms. The minimum atomic E-state index is 0.725. The zero-order valence-electron chi connectivity index (χ0n) is 8.28. The third kappa shape index (κ3) is 1.85. The molecule has 0 atom stereocenters. The molecule has 0 amide bonds. The van der Waals surface area contributed by atoms with Gasteiger partial charge in [0.1, 0.15) is 5.65 Å². The van der Waals surface area contributed by atoms with Crippen molar-refractivity contribution in [3.8, 4) is 0 Å². The molecule has 0 saturated heterocycles. The van der Waals surface area contributed by atoms with E-state index in [4.69, 9.17) is 11.6 Å². The number of rotatable bonds is 3. The average molecular weight is 222 g/mol. The molecular formula is C11H12ClN3. The molecule has 4 heteroatoms. The van der Waals surface area contributed by atoms with Crippen LogP contribution >= 0.6 is 11.6 Å². The van der Waals surface area contributed by atoms with Crippen LogP contribution in [0.1, 0.15) is 18.5 Å². The standard InChI is InChI=1S/C11H12ClN3/c12-8-3-4-15-10(6-13-9-1-2-9)7-14-11(15)5-8/h3-5,7,9,13H,1-2,6H2. The molecule has 0 spiro atoms.